The highest BCUT2D eigenvalue weighted by Gasteiger charge is 2.29. The maximum Gasteiger partial charge on any atom is 0.278 e. The zero-order valence-corrected chi connectivity index (χ0v) is 16.2. The van der Waals surface area contributed by atoms with E-state index in [0.29, 0.717) is 11.2 Å². The largest absolute Gasteiger partial charge is 0.464 e. The minimum absolute atomic E-state index is 0.0619. The normalized spacial score (nSPS) is 23.2. The molecule has 146 valence electrons. The molecule has 0 aromatic carbocycles. The summed E-state index contributed by atoms with van der Waals surface area (Å²) in [5, 5.41) is 3.32. The molecule has 0 atom stereocenters. The highest BCUT2D eigenvalue weighted by Crippen LogP contribution is 2.33. The van der Waals surface area contributed by atoms with Crippen molar-refractivity contribution in [3.63, 3.8) is 0 Å². The lowest BCUT2D eigenvalue weighted by atomic mass is 9.77. The number of thiazole rings is 1. The molecule has 1 amide bonds. The smallest absolute Gasteiger partial charge is 0.278 e. The van der Waals surface area contributed by atoms with E-state index in [9.17, 15) is 13.6 Å². The molecule has 0 bridgehead atoms. The first kappa shape index (κ1) is 19.5. The zero-order chi connectivity index (χ0) is 18.7. The summed E-state index contributed by atoms with van der Waals surface area (Å²) in [5.74, 6) is -2.05. The molecule has 2 heterocycles. The maximum absolute atomic E-state index is 12.9. The molecular weight excluding hydrogens is 360 g/mol. The van der Waals surface area contributed by atoms with Crippen molar-refractivity contribution >= 4 is 17.2 Å². The third-order valence-corrected chi connectivity index (χ3v) is 6.04. The highest BCUT2D eigenvalue weighted by molar-refractivity contribution is 7.13. The van der Waals surface area contributed by atoms with Crippen molar-refractivity contribution in [3.8, 4) is 5.19 Å². The van der Waals surface area contributed by atoms with Crippen molar-refractivity contribution in [1.29, 1.82) is 0 Å². The lowest BCUT2D eigenvalue weighted by molar-refractivity contribution is -0.120. The molecule has 0 spiro atoms. The van der Waals surface area contributed by atoms with Crippen LogP contribution < -0.4 is 10.1 Å². The SMILES string of the molecule is CC(=O)NC1CC(CCCN2CCc3sc(OCC(C)(F)F)nc3C2)C1. The number of nitrogens with zero attached hydrogens (tertiary/aromatic N) is 2. The molecule has 1 saturated carbocycles. The third-order valence-electron chi connectivity index (χ3n) is 4.97. The quantitative estimate of drug-likeness (QED) is 0.744. The van der Waals surface area contributed by atoms with Gasteiger partial charge in [0.2, 0.25) is 5.91 Å². The van der Waals surface area contributed by atoms with Gasteiger partial charge in [-0.2, -0.15) is 0 Å². The van der Waals surface area contributed by atoms with Crippen molar-refractivity contribution in [2.24, 2.45) is 5.92 Å². The average molecular weight is 387 g/mol. The number of hydrogen-bond donors (Lipinski definition) is 1. The van der Waals surface area contributed by atoms with Gasteiger partial charge in [-0.05, 0) is 44.6 Å². The second-order valence-electron chi connectivity index (χ2n) is 7.61. The van der Waals surface area contributed by atoms with E-state index < -0.39 is 12.5 Å². The number of carbonyl (C=O) groups excluding carboxylic acids is 1. The van der Waals surface area contributed by atoms with Crippen LogP contribution in [0, 0.1) is 5.92 Å². The molecule has 1 aromatic heterocycles. The van der Waals surface area contributed by atoms with E-state index in [-0.39, 0.29) is 5.91 Å². The third kappa shape index (κ3) is 5.61. The Morgan fingerprint density at radius 1 is 1.46 bits per heavy atom. The van der Waals surface area contributed by atoms with E-state index in [1.807, 2.05) is 0 Å². The van der Waals surface area contributed by atoms with Crippen LogP contribution in [0.25, 0.3) is 0 Å². The van der Waals surface area contributed by atoms with Crippen molar-refractivity contribution in [2.45, 2.75) is 64.5 Å². The van der Waals surface area contributed by atoms with Gasteiger partial charge in [0.25, 0.3) is 11.1 Å². The number of aromatic nitrogens is 1. The second-order valence-corrected chi connectivity index (χ2v) is 8.66. The Balaban J connectivity index is 1.36. The van der Waals surface area contributed by atoms with Crippen molar-refractivity contribution < 1.29 is 18.3 Å². The van der Waals surface area contributed by atoms with Crippen molar-refractivity contribution in [1.82, 2.24) is 15.2 Å². The Morgan fingerprint density at radius 2 is 2.23 bits per heavy atom. The van der Waals surface area contributed by atoms with Crippen LogP contribution in [-0.4, -0.2) is 47.5 Å². The van der Waals surface area contributed by atoms with Gasteiger partial charge in [0, 0.05) is 37.9 Å². The second kappa shape index (κ2) is 8.17. The lowest BCUT2D eigenvalue weighted by Gasteiger charge is -2.36. The summed E-state index contributed by atoms with van der Waals surface area (Å²) < 4.78 is 30.9. The Hall–Kier alpha value is -1.28. The predicted octanol–water partition coefficient (Wildman–Crippen LogP) is 3.23. The molecule has 1 aromatic rings. The highest BCUT2D eigenvalue weighted by atomic mass is 32.1. The minimum atomic E-state index is -2.83. The summed E-state index contributed by atoms with van der Waals surface area (Å²) >= 11 is 1.40. The van der Waals surface area contributed by atoms with Gasteiger partial charge in [-0.3, -0.25) is 9.69 Å². The van der Waals surface area contributed by atoms with Crippen LogP contribution in [0.15, 0.2) is 0 Å². The first-order valence-electron chi connectivity index (χ1n) is 9.27. The molecule has 1 N–H and O–H groups in total. The van der Waals surface area contributed by atoms with E-state index in [0.717, 1.165) is 68.7 Å². The summed E-state index contributed by atoms with van der Waals surface area (Å²) in [6.45, 7) is 4.59. The fourth-order valence-corrected chi connectivity index (χ4v) is 4.56. The molecule has 5 nitrogen and oxygen atoms in total. The van der Waals surface area contributed by atoms with Gasteiger partial charge >= 0.3 is 0 Å². The average Bonchev–Trinajstić information content (AvgIpc) is 2.91. The number of ether oxygens (including phenoxy) is 1. The number of halogens is 2. The van der Waals surface area contributed by atoms with Gasteiger partial charge in [0.05, 0.1) is 5.69 Å². The standard InChI is InChI=1S/C18H27F2N3O2S/c1-12(24)21-14-8-13(9-14)4-3-6-23-7-5-16-15(10-23)22-17(26-16)25-11-18(2,19)20/h13-14H,3-11H2,1-2H3,(H,21,24). The van der Waals surface area contributed by atoms with E-state index in [2.05, 4.69) is 15.2 Å². The van der Waals surface area contributed by atoms with Crippen LogP contribution in [-0.2, 0) is 17.8 Å². The summed E-state index contributed by atoms with van der Waals surface area (Å²) in [7, 11) is 0. The van der Waals surface area contributed by atoms with E-state index in [1.54, 1.807) is 6.92 Å². The molecule has 2 aliphatic rings. The van der Waals surface area contributed by atoms with Crippen LogP contribution in [0.3, 0.4) is 0 Å². The van der Waals surface area contributed by atoms with Crippen LogP contribution in [0.1, 0.15) is 50.1 Å². The maximum atomic E-state index is 12.9. The number of amides is 1. The minimum Gasteiger partial charge on any atom is -0.464 e. The molecule has 1 aliphatic heterocycles. The number of carbonyl (C=O) groups is 1. The Kier molecular flexibility index (Phi) is 6.12. The molecule has 0 radical (unpaired) electrons. The monoisotopic (exact) mass is 387 g/mol. The molecule has 3 rings (SSSR count). The summed E-state index contributed by atoms with van der Waals surface area (Å²) in [6, 6.07) is 0.374. The summed E-state index contributed by atoms with van der Waals surface area (Å²) in [5.41, 5.74) is 0.977. The van der Waals surface area contributed by atoms with Gasteiger partial charge in [-0.15, -0.1) is 0 Å². The molecule has 8 heteroatoms. The molecular formula is C18H27F2N3O2S. The molecule has 1 aliphatic carbocycles. The Bertz CT molecular complexity index is 626. The number of hydrogen-bond acceptors (Lipinski definition) is 5. The number of rotatable bonds is 8. The first-order chi connectivity index (χ1) is 12.3. The fourth-order valence-electron chi connectivity index (χ4n) is 3.65. The van der Waals surface area contributed by atoms with Gasteiger partial charge in [-0.25, -0.2) is 13.8 Å². The topological polar surface area (TPSA) is 54.5 Å². The molecule has 1 fully saturated rings. The van der Waals surface area contributed by atoms with Crippen LogP contribution >= 0.6 is 11.3 Å². The van der Waals surface area contributed by atoms with E-state index in [4.69, 9.17) is 4.74 Å². The van der Waals surface area contributed by atoms with Crippen molar-refractivity contribution in [2.75, 3.05) is 19.7 Å². The molecule has 0 unspecified atom stereocenters. The summed E-state index contributed by atoms with van der Waals surface area (Å²) in [4.78, 5) is 18.9. The first-order valence-corrected chi connectivity index (χ1v) is 10.1. The number of alkyl halides is 2. The van der Waals surface area contributed by atoms with Gasteiger partial charge < -0.3 is 10.1 Å². The number of fused-ring (bicyclic) bond motifs is 1. The van der Waals surface area contributed by atoms with Gasteiger partial charge in [0.1, 0.15) is 0 Å². The van der Waals surface area contributed by atoms with Gasteiger partial charge in [-0.1, -0.05) is 11.3 Å². The van der Waals surface area contributed by atoms with Gasteiger partial charge in [0.15, 0.2) is 6.61 Å². The number of nitrogens with one attached hydrogen (secondary N) is 1. The Labute approximate surface area is 157 Å². The van der Waals surface area contributed by atoms with E-state index >= 15 is 0 Å². The van der Waals surface area contributed by atoms with Crippen LogP contribution in [0.4, 0.5) is 8.78 Å². The fraction of sp³-hybridized carbons (Fsp3) is 0.778. The zero-order valence-electron chi connectivity index (χ0n) is 15.4. The van der Waals surface area contributed by atoms with Crippen LogP contribution in [0.5, 0.6) is 5.19 Å². The summed E-state index contributed by atoms with van der Waals surface area (Å²) in [6.07, 6.45) is 5.43. The predicted molar refractivity (Wildman–Crippen MR) is 96.8 cm³/mol. The molecule has 26 heavy (non-hydrogen) atoms. The molecule has 0 saturated heterocycles. The van der Waals surface area contributed by atoms with Crippen molar-refractivity contribution in [3.05, 3.63) is 10.6 Å². The van der Waals surface area contributed by atoms with Crippen LogP contribution in [0.2, 0.25) is 0 Å². The Morgan fingerprint density at radius 3 is 2.92 bits per heavy atom. The lowest BCUT2D eigenvalue weighted by Crippen LogP contribution is -2.43. The van der Waals surface area contributed by atoms with E-state index in [1.165, 1.54) is 17.8 Å².